The summed E-state index contributed by atoms with van der Waals surface area (Å²) in [6.45, 7) is 1.82. The molecular weight excluding hydrogens is 228 g/mol. The Kier molecular flexibility index (Phi) is 4.50. The minimum absolute atomic E-state index is 0.0705. The van der Waals surface area contributed by atoms with Crippen LogP contribution in [0.5, 0.6) is 0 Å². The molecule has 0 aliphatic heterocycles. The molecule has 4 heteroatoms. The lowest BCUT2D eigenvalue weighted by atomic mass is 10.00. The summed E-state index contributed by atoms with van der Waals surface area (Å²) in [6, 6.07) is 5.23. The minimum Gasteiger partial charge on any atom is -0.481 e. The Balaban J connectivity index is 2.88. The van der Waals surface area contributed by atoms with Crippen molar-refractivity contribution < 1.29 is 14.7 Å². The summed E-state index contributed by atoms with van der Waals surface area (Å²) in [5, 5.41) is 9.14. The molecule has 0 aliphatic carbocycles. The Morgan fingerprint density at radius 2 is 2.25 bits per heavy atom. The molecule has 1 aromatic rings. The average Bonchev–Trinajstić information content (AvgIpc) is 2.22. The SMILES string of the molecule is CC(C=O)Cc1ccc(Cl)c(CC(=O)O)c1. The zero-order valence-electron chi connectivity index (χ0n) is 8.94. The van der Waals surface area contributed by atoms with Crippen LogP contribution in [0.2, 0.25) is 5.02 Å². The highest BCUT2D eigenvalue weighted by Crippen LogP contribution is 2.19. The summed E-state index contributed by atoms with van der Waals surface area (Å²) < 4.78 is 0. The monoisotopic (exact) mass is 240 g/mol. The number of carboxylic acid groups (broad SMARTS) is 1. The van der Waals surface area contributed by atoms with Gasteiger partial charge in [-0.3, -0.25) is 4.79 Å². The van der Waals surface area contributed by atoms with Crippen molar-refractivity contribution in [3.8, 4) is 0 Å². The number of hydrogen-bond acceptors (Lipinski definition) is 2. The first-order chi connectivity index (χ1) is 7.52. The molecule has 1 aromatic carbocycles. The molecule has 0 aromatic heterocycles. The van der Waals surface area contributed by atoms with E-state index in [9.17, 15) is 9.59 Å². The molecule has 0 bridgehead atoms. The van der Waals surface area contributed by atoms with Gasteiger partial charge in [-0.25, -0.2) is 0 Å². The second kappa shape index (κ2) is 5.66. The molecule has 0 radical (unpaired) electrons. The van der Waals surface area contributed by atoms with Crippen molar-refractivity contribution >= 4 is 23.9 Å². The Bertz CT molecular complexity index is 401. The van der Waals surface area contributed by atoms with Gasteiger partial charge in [0.05, 0.1) is 6.42 Å². The van der Waals surface area contributed by atoms with E-state index in [-0.39, 0.29) is 12.3 Å². The Labute approximate surface area is 99.0 Å². The Morgan fingerprint density at radius 1 is 1.56 bits per heavy atom. The number of carboxylic acids is 1. The van der Waals surface area contributed by atoms with Crippen LogP contribution in [-0.4, -0.2) is 17.4 Å². The Hall–Kier alpha value is -1.35. The maximum absolute atomic E-state index is 10.6. The molecule has 0 spiro atoms. The summed E-state index contributed by atoms with van der Waals surface area (Å²) in [5.74, 6) is -0.985. The van der Waals surface area contributed by atoms with Crippen LogP contribution in [0.4, 0.5) is 0 Å². The lowest BCUT2D eigenvalue weighted by Gasteiger charge is -2.07. The van der Waals surface area contributed by atoms with Crippen molar-refractivity contribution in [3.63, 3.8) is 0 Å². The molecule has 1 atom stereocenters. The maximum atomic E-state index is 10.6. The highest BCUT2D eigenvalue weighted by Gasteiger charge is 2.08. The number of aliphatic carboxylic acids is 1. The van der Waals surface area contributed by atoms with Crippen LogP contribution in [0, 0.1) is 5.92 Å². The number of hydrogen-bond donors (Lipinski definition) is 1. The summed E-state index contributed by atoms with van der Waals surface area (Å²) in [7, 11) is 0. The van der Waals surface area contributed by atoms with Crippen LogP contribution in [0.25, 0.3) is 0 Å². The van der Waals surface area contributed by atoms with Crippen LogP contribution < -0.4 is 0 Å². The third kappa shape index (κ3) is 3.66. The third-order valence-electron chi connectivity index (χ3n) is 2.24. The van der Waals surface area contributed by atoms with Gasteiger partial charge in [0.25, 0.3) is 0 Å². The zero-order valence-corrected chi connectivity index (χ0v) is 9.70. The van der Waals surface area contributed by atoms with Crippen LogP contribution in [0.1, 0.15) is 18.1 Å². The standard InChI is InChI=1S/C12H13ClO3/c1-8(7-14)4-9-2-3-11(13)10(5-9)6-12(15)16/h2-3,5,7-8H,4,6H2,1H3,(H,15,16). The molecule has 0 heterocycles. The molecule has 0 saturated carbocycles. The van der Waals surface area contributed by atoms with Gasteiger partial charge in [0.1, 0.15) is 6.29 Å². The highest BCUT2D eigenvalue weighted by atomic mass is 35.5. The van der Waals surface area contributed by atoms with Crippen molar-refractivity contribution in [1.82, 2.24) is 0 Å². The third-order valence-corrected chi connectivity index (χ3v) is 2.61. The predicted molar refractivity (Wildman–Crippen MR) is 61.7 cm³/mol. The minimum atomic E-state index is -0.914. The second-order valence-electron chi connectivity index (χ2n) is 3.81. The number of carbonyl (C=O) groups is 2. The van der Waals surface area contributed by atoms with Gasteiger partial charge in [0.2, 0.25) is 0 Å². The van der Waals surface area contributed by atoms with Crippen LogP contribution in [0.3, 0.4) is 0 Å². The number of benzene rings is 1. The van der Waals surface area contributed by atoms with Crippen LogP contribution >= 0.6 is 11.6 Å². The van der Waals surface area contributed by atoms with E-state index in [4.69, 9.17) is 16.7 Å². The van der Waals surface area contributed by atoms with Gasteiger partial charge < -0.3 is 9.90 Å². The number of halogens is 1. The molecule has 0 saturated heterocycles. The fourth-order valence-electron chi connectivity index (χ4n) is 1.47. The summed E-state index contributed by atoms with van der Waals surface area (Å²) in [6.07, 6.45) is 1.39. The van der Waals surface area contributed by atoms with Crippen molar-refractivity contribution in [2.24, 2.45) is 5.92 Å². The molecule has 1 N–H and O–H groups in total. The van der Waals surface area contributed by atoms with Gasteiger partial charge in [-0.2, -0.15) is 0 Å². The fourth-order valence-corrected chi connectivity index (χ4v) is 1.66. The summed E-state index contributed by atoms with van der Waals surface area (Å²) >= 11 is 5.88. The number of carbonyl (C=O) groups excluding carboxylic acids is 1. The molecule has 1 rings (SSSR count). The van der Waals surface area contributed by atoms with E-state index < -0.39 is 5.97 Å². The van der Waals surface area contributed by atoms with Crippen molar-refractivity contribution in [2.75, 3.05) is 0 Å². The topological polar surface area (TPSA) is 54.4 Å². The van der Waals surface area contributed by atoms with Crippen molar-refractivity contribution in [1.29, 1.82) is 0 Å². The van der Waals surface area contributed by atoms with Crippen LogP contribution in [-0.2, 0) is 22.4 Å². The van der Waals surface area contributed by atoms with E-state index in [1.807, 2.05) is 13.0 Å². The van der Waals surface area contributed by atoms with E-state index in [2.05, 4.69) is 0 Å². The first-order valence-corrected chi connectivity index (χ1v) is 5.35. The molecule has 16 heavy (non-hydrogen) atoms. The van der Waals surface area contributed by atoms with E-state index in [1.165, 1.54) is 0 Å². The Morgan fingerprint density at radius 3 is 2.81 bits per heavy atom. The van der Waals surface area contributed by atoms with E-state index in [0.29, 0.717) is 17.0 Å². The summed E-state index contributed by atoms with van der Waals surface area (Å²) in [5.41, 5.74) is 1.52. The predicted octanol–water partition coefficient (Wildman–Crippen LogP) is 2.34. The first-order valence-electron chi connectivity index (χ1n) is 4.97. The first kappa shape index (κ1) is 12.7. The fraction of sp³-hybridized carbons (Fsp3) is 0.333. The van der Waals surface area contributed by atoms with Crippen LogP contribution in [0.15, 0.2) is 18.2 Å². The van der Waals surface area contributed by atoms with Crippen molar-refractivity contribution in [3.05, 3.63) is 34.3 Å². The normalized spacial score (nSPS) is 12.1. The molecule has 1 unspecified atom stereocenters. The molecule has 86 valence electrons. The number of rotatable bonds is 5. The van der Waals surface area contributed by atoms with Gasteiger partial charge in [0, 0.05) is 10.9 Å². The quantitative estimate of drug-likeness (QED) is 0.804. The van der Waals surface area contributed by atoms with Gasteiger partial charge in [-0.15, -0.1) is 0 Å². The highest BCUT2D eigenvalue weighted by molar-refractivity contribution is 6.31. The second-order valence-corrected chi connectivity index (χ2v) is 4.22. The number of aldehydes is 1. The lowest BCUT2D eigenvalue weighted by Crippen LogP contribution is -2.04. The molecular formula is C12H13ClO3. The maximum Gasteiger partial charge on any atom is 0.307 e. The van der Waals surface area contributed by atoms with E-state index >= 15 is 0 Å². The molecule has 3 nitrogen and oxygen atoms in total. The van der Waals surface area contributed by atoms with Crippen molar-refractivity contribution in [2.45, 2.75) is 19.8 Å². The summed E-state index contributed by atoms with van der Waals surface area (Å²) in [4.78, 5) is 21.1. The van der Waals surface area contributed by atoms with Gasteiger partial charge in [-0.1, -0.05) is 30.7 Å². The molecule has 0 amide bonds. The lowest BCUT2D eigenvalue weighted by molar-refractivity contribution is -0.136. The molecule has 0 fully saturated rings. The van der Waals surface area contributed by atoms with E-state index in [0.717, 1.165) is 11.8 Å². The van der Waals surface area contributed by atoms with Gasteiger partial charge in [-0.05, 0) is 23.6 Å². The zero-order chi connectivity index (χ0) is 12.1. The van der Waals surface area contributed by atoms with E-state index in [1.54, 1.807) is 12.1 Å². The van der Waals surface area contributed by atoms with Gasteiger partial charge >= 0.3 is 5.97 Å². The van der Waals surface area contributed by atoms with Gasteiger partial charge in [0.15, 0.2) is 0 Å². The smallest absolute Gasteiger partial charge is 0.307 e. The largest absolute Gasteiger partial charge is 0.481 e. The average molecular weight is 241 g/mol. The molecule has 0 aliphatic rings.